The number of ether oxygens (including phenoxy) is 1. The number of methoxy groups -OCH3 is 1. The largest absolute Gasteiger partial charge is 0.469 e. The van der Waals surface area contributed by atoms with E-state index in [-0.39, 0.29) is 29.9 Å². The number of esters is 1. The molecule has 0 spiro atoms. The number of hydrogen-bond donors (Lipinski definition) is 2. The second-order valence-corrected chi connectivity index (χ2v) is 4.93. The normalized spacial score (nSPS) is 14.7. The Bertz CT molecular complexity index is 338. The Hall–Kier alpha value is -0.790. The summed E-state index contributed by atoms with van der Waals surface area (Å²) in [6.07, 6.45) is 9.93. The number of rotatable bonds is 8. The molecule has 1 aliphatic rings. The fraction of sp³-hybridized carbons (Fsp3) is 0.733. The van der Waals surface area contributed by atoms with E-state index in [1.807, 2.05) is 0 Å². The predicted octanol–water partition coefficient (Wildman–Crippen LogP) is 2.61. The molecule has 0 unspecified atom stereocenters. The van der Waals surface area contributed by atoms with Crippen LogP contribution in [0.25, 0.3) is 0 Å². The maximum atomic E-state index is 11.0. The maximum Gasteiger partial charge on any atom is 0.305 e. The molecule has 2 N–H and O–H groups in total. The third-order valence-corrected chi connectivity index (χ3v) is 3.23. The molecule has 0 radical (unpaired) electrons. The smallest absolute Gasteiger partial charge is 0.305 e. The summed E-state index contributed by atoms with van der Waals surface area (Å²) in [5, 5.41) is 6.70. The first kappa shape index (κ1) is 20.2. The average molecular weight is 409 g/mol. The molecule has 5 nitrogen and oxygen atoms in total. The zero-order chi connectivity index (χ0) is 14.6. The van der Waals surface area contributed by atoms with Crippen LogP contribution in [0.1, 0.15) is 45.4 Å². The number of carbonyl (C=O) groups is 1. The van der Waals surface area contributed by atoms with E-state index in [0.717, 1.165) is 51.2 Å². The van der Waals surface area contributed by atoms with Gasteiger partial charge in [-0.05, 0) is 32.6 Å². The topological polar surface area (TPSA) is 62.7 Å². The van der Waals surface area contributed by atoms with E-state index in [2.05, 4.69) is 39.4 Å². The van der Waals surface area contributed by atoms with E-state index in [1.54, 1.807) is 0 Å². The molecule has 0 aromatic carbocycles. The Labute approximate surface area is 145 Å². The summed E-state index contributed by atoms with van der Waals surface area (Å²) in [5.41, 5.74) is 0. The number of aliphatic imine (C=N–C) groups is 1. The Morgan fingerprint density at radius 2 is 2.00 bits per heavy atom. The molecule has 1 rings (SSSR count). The van der Waals surface area contributed by atoms with Gasteiger partial charge in [-0.2, -0.15) is 0 Å². The molecule has 6 heteroatoms. The molecule has 0 atom stereocenters. The van der Waals surface area contributed by atoms with E-state index in [4.69, 9.17) is 0 Å². The van der Waals surface area contributed by atoms with Crippen LogP contribution >= 0.6 is 24.0 Å². The number of hydrogen-bond acceptors (Lipinski definition) is 3. The number of guanidine groups is 1. The minimum atomic E-state index is -0.128. The zero-order valence-corrected chi connectivity index (χ0v) is 15.4. The lowest BCUT2D eigenvalue weighted by Crippen LogP contribution is -2.42. The van der Waals surface area contributed by atoms with Gasteiger partial charge >= 0.3 is 5.97 Å². The molecule has 1 aliphatic carbocycles. The van der Waals surface area contributed by atoms with Gasteiger partial charge in [0.25, 0.3) is 0 Å². The number of halogens is 1. The van der Waals surface area contributed by atoms with Gasteiger partial charge in [0, 0.05) is 25.6 Å². The number of carbonyl (C=O) groups excluding carboxylic acids is 1. The molecule has 0 heterocycles. The van der Waals surface area contributed by atoms with E-state index in [1.165, 1.54) is 7.11 Å². The van der Waals surface area contributed by atoms with Crippen LogP contribution in [-0.4, -0.2) is 38.2 Å². The van der Waals surface area contributed by atoms with Crippen LogP contribution in [0.5, 0.6) is 0 Å². The van der Waals surface area contributed by atoms with Crippen molar-refractivity contribution in [2.45, 2.75) is 51.5 Å². The molecule has 0 fully saturated rings. The van der Waals surface area contributed by atoms with Gasteiger partial charge in [-0.15, -0.1) is 24.0 Å². The summed E-state index contributed by atoms with van der Waals surface area (Å²) in [5.74, 6) is 0.770. The number of nitrogens with zero attached hydrogens (tertiary/aromatic N) is 1. The van der Waals surface area contributed by atoms with Crippen molar-refractivity contribution in [3.05, 3.63) is 12.2 Å². The molecule has 0 amide bonds. The molecule has 21 heavy (non-hydrogen) atoms. The molecule has 0 saturated heterocycles. The zero-order valence-electron chi connectivity index (χ0n) is 13.1. The molecule has 0 aliphatic heterocycles. The van der Waals surface area contributed by atoms with Crippen molar-refractivity contribution in [1.29, 1.82) is 0 Å². The summed E-state index contributed by atoms with van der Waals surface area (Å²) in [4.78, 5) is 15.5. The Balaban J connectivity index is 0.00000400. The fourth-order valence-corrected chi connectivity index (χ4v) is 2.10. The average Bonchev–Trinajstić information content (AvgIpc) is 2.95. The highest BCUT2D eigenvalue weighted by Gasteiger charge is 2.11. The van der Waals surface area contributed by atoms with Crippen molar-refractivity contribution in [1.82, 2.24) is 10.6 Å². The van der Waals surface area contributed by atoms with Crippen molar-refractivity contribution in [3.63, 3.8) is 0 Å². The van der Waals surface area contributed by atoms with Gasteiger partial charge in [-0.3, -0.25) is 9.79 Å². The fourth-order valence-electron chi connectivity index (χ4n) is 2.10. The van der Waals surface area contributed by atoms with Gasteiger partial charge in [0.1, 0.15) is 0 Å². The Morgan fingerprint density at radius 3 is 2.62 bits per heavy atom. The monoisotopic (exact) mass is 409 g/mol. The molecule has 0 bridgehead atoms. The van der Waals surface area contributed by atoms with Crippen LogP contribution in [0, 0.1) is 0 Å². The van der Waals surface area contributed by atoms with Crippen molar-refractivity contribution in [2.24, 2.45) is 4.99 Å². The molecule has 122 valence electrons. The Morgan fingerprint density at radius 1 is 1.29 bits per heavy atom. The molecule has 0 aromatic heterocycles. The summed E-state index contributed by atoms with van der Waals surface area (Å²) in [6, 6.07) is 0.479. The van der Waals surface area contributed by atoms with Gasteiger partial charge in [0.15, 0.2) is 5.96 Å². The second-order valence-electron chi connectivity index (χ2n) is 4.93. The van der Waals surface area contributed by atoms with Crippen molar-refractivity contribution in [2.75, 3.05) is 20.2 Å². The minimum absolute atomic E-state index is 0. The van der Waals surface area contributed by atoms with Crippen LogP contribution in [0.3, 0.4) is 0 Å². The lowest BCUT2D eigenvalue weighted by molar-refractivity contribution is -0.140. The lowest BCUT2D eigenvalue weighted by atomic mass is 10.2. The standard InChI is InChI=1S/C15H27N3O2.HI/c1-3-16-15(18-13-9-6-7-10-13)17-12-8-4-5-11-14(19)20-2;/h6-7,13H,3-5,8-12H2,1-2H3,(H2,16,17,18);1H. The highest BCUT2D eigenvalue weighted by molar-refractivity contribution is 14.0. The predicted molar refractivity (Wildman–Crippen MR) is 97.2 cm³/mol. The SMILES string of the molecule is CCNC(=NCCCCCC(=O)OC)NC1CC=CC1.I. The van der Waals surface area contributed by atoms with E-state index in [0.29, 0.717) is 12.5 Å². The quantitative estimate of drug-likeness (QED) is 0.162. The van der Waals surface area contributed by atoms with Gasteiger partial charge in [0.2, 0.25) is 0 Å². The van der Waals surface area contributed by atoms with Crippen molar-refractivity contribution in [3.8, 4) is 0 Å². The second kappa shape index (κ2) is 12.9. The summed E-state index contributed by atoms with van der Waals surface area (Å²) < 4.78 is 4.61. The molecule has 0 aromatic rings. The van der Waals surface area contributed by atoms with E-state index >= 15 is 0 Å². The first-order chi connectivity index (χ1) is 9.76. The molecular weight excluding hydrogens is 381 g/mol. The highest BCUT2D eigenvalue weighted by Crippen LogP contribution is 2.08. The third kappa shape index (κ3) is 9.71. The van der Waals surface area contributed by atoms with E-state index in [9.17, 15) is 4.79 Å². The summed E-state index contributed by atoms with van der Waals surface area (Å²) in [6.45, 7) is 3.73. The van der Waals surface area contributed by atoms with Crippen LogP contribution in [0.2, 0.25) is 0 Å². The highest BCUT2D eigenvalue weighted by atomic mass is 127. The first-order valence-electron chi connectivity index (χ1n) is 7.53. The van der Waals surface area contributed by atoms with E-state index < -0.39 is 0 Å². The molecular formula is C15H28IN3O2. The van der Waals surface area contributed by atoms with Crippen LogP contribution in [0.15, 0.2) is 17.1 Å². The van der Waals surface area contributed by atoms with Crippen molar-refractivity contribution < 1.29 is 9.53 Å². The number of nitrogens with one attached hydrogen (secondary N) is 2. The van der Waals surface area contributed by atoms with Gasteiger partial charge in [-0.1, -0.05) is 18.6 Å². The van der Waals surface area contributed by atoms with Crippen LogP contribution < -0.4 is 10.6 Å². The van der Waals surface area contributed by atoms with Gasteiger partial charge in [-0.25, -0.2) is 0 Å². The van der Waals surface area contributed by atoms with Crippen LogP contribution in [0.4, 0.5) is 0 Å². The van der Waals surface area contributed by atoms with Gasteiger partial charge < -0.3 is 15.4 Å². The summed E-state index contributed by atoms with van der Waals surface area (Å²) >= 11 is 0. The van der Waals surface area contributed by atoms with Crippen LogP contribution in [-0.2, 0) is 9.53 Å². The molecule has 0 saturated carbocycles. The number of unbranched alkanes of at least 4 members (excludes halogenated alkanes) is 2. The summed E-state index contributed by atoms with van der Waals surface area (Å²) in [7, 11) is 1.43. The van der Waals surface area contributed by atoms with Crippen molar-refractivity contribution >= 4 is 35.9 Å². The first-order valence-corrected chi connectivity index (χ1v) is 7.53. The maximum absolute atomic E-state index is 11.0. The van der Waals surface area contributed by atoms with Gasteiger partial charge in [0.05, 0.1) is 7.11 Å². The lowest BCUT2D eigenvalue weighted by Gasteiger charge is -2.16. The Kier molecular flexibility index (Phi) is 12.4. The minimum Gasteiger partial charge on any atom is -0.469 e. The third-order valence-electron chi connectivity index (χ3n) is 3.23.